The molecule has 1 fully saturated rings. The van der Waals surface area contributed by atoms with Crippen LogP contribution in [0.1, 0.15) is 18.4 Å². The molecule has 1 amide bonds. The zero-order chi connectivity index (χ0) is 14.5. The molecular formula is C15H23ClN2O3. The molecule has 118 valence electrons. The number of ether oxygens (including phenoxy) is 2. The van der Waals surface area contributed by atoms with Gasteiger partial charge in [0.2, 0.25) is 5.91 Å². The van der Waals surface area contributed by atoms with Gasteiger partial charge in [-0.25, -0.2) is 0 Å². The Labute approximate surface area is 131 Å². The SMILES string of the molecule is COc1cccc(OC)c1CC(=O)N1CCCC1CN.Cl. The maximum absolute atomic E-state index is 12.5. The van der Waals surface area contributed by atoms with E-state index in [1.165, 1.54) is 0 Å². The van der Waals surface area contributed by atoms with Crippen LogP contribution in [-0.2, 0) is 11.2 Å². The number of rotatable bonds is 5. The molecule has 1 aromatic carbocycles. The van der Waals surface area contributed by atoms with Crippen molar-refractivity contribution in [2.75, 3.05) is 27.3 Å². The number of carbonyl (C=O) groups excluding carboxylic acids is 1. The Morgan fingerprint density at radius 1 is 1.33 bits per heavy atom. The van der Waals surface area contributed by atoms with Crippen molar-refractivity contribution in [1.82, 2.24) is 4.90 Å². The van der Waals surface area contributed by atoms with Gasteiger partial charge in [0.1, 0.15) is 11.5 Å². The Kier molecular flexibility index (Phi) is 6.78. The second-order valence-corrected chi connectivity index (χ2v) is 4.94. The fourth-order valence-corrected chi connectivity index (χ4v) is 2.76. The molecule has 2 N–H and O–H groups in total. The van der Waals surface area contributed by atoms with E-state index in [-0.39, 0.29) is 30.8 Å². The summed E-state index contributed by atoms with van der Waals surface area (Å²) in [6, 6.07) is 5.71. The zero-order valence-corrected chi connectivity index (χ0v) is 13.3. The normalized spacial score (nSPS) is 17.3. The van der Waals surface area contributed by atoms with Crippen molar-refractivity contribution in [3.8, 4) is 11.5 Å². The summed E-state index contributed by atoms with van der Waals surface area (Å²) in [6.07, 6.45) is 2.30. The monoisotopic (exact) mass is 314 g/mol. The van der Waals surface area contributed by atoms with E-state index in [0.29, 0.717) is 18.0 Å². The summed E-state index contributed by atoms with van der Waals surface area (Å²) >= 11 is 0. The van der Waals surface area contributed by atoms with Gasteiger partial charge in [0.05, 0.1) is 20.6 Å². The Morgan fingerprint density at radius 3 is 2.48 bits per heavy atom. The van der Waals surface area contributed by atoms with Gasteiger partial charge < -0.3 is 20.1 Å². The minimum absolute atomic E-state index is 0. The molecule has 0 aliphatic carbocycles. The first-order valence-corrected chi connectivity index (χ1v) is 6.90. The number of benzene rings is 1. The smallest absolute Gasteiger partial charge is 0.227 e. The average Bonchev–Trinajstić information content (AvgIpc) is 2.95. The minimum atomic E-state index is 0. The van der Waals surface area contributed by atoms with Crippen molar-refractivity contribution in [2.45, 2.75) is 25.3 Å². The molecule has 1 aliphatic heterocycles. The third-order valence-corrected chi connectivity index (χ3v) is 3.83. The quantitative estimate of drug-likeness (QED) is 0.897. The van der Waals surface area contributed by atoms with Gasteiger partial charge in [0.15, 0.2) is 0 Å². The largest absolute Gasteiger partial charge is 0.496 e. The molecule has 1 saturated heterocycles. The molecule has 1 aromatic rings. The fourth-order valence-electron chi connectivity index (χ4n) is 2.76. The number of carbonyl (C=O) groups is 1. The molecule has 5 nitrogen and oxygen atoms in total. The second kappa shape index (κ2) is 8.10. The van der Waals surface area contributed by atoms with Crippen LogP contribution in [0.25, 0.3) is 0 Å². The molecule has 1 unspecified atom stereocenters. The lowest BCUT2D eigenvalue weighted by atomic mass is 10.1. The van der Waals surface area contributed by atoms with Crippen molar-refractivity contribution >= 4 is 18.3 Å². The number of hydrogen-bond acceptors (Lipinski definition) is 4. The highest BCUT2D eigenvalue weighted by atomic mass is 35.5. The molecule has 0 bridgehead atoms. The molecule has 0 spiro atoms. The van der Waals surface area contributed by atoms with E-state index in [0.717, 1.165) is 24.9 Å². The fraction of sp³-hybridized carbons (Fsp3) is 0.533. The number of hydrogen-bond donors (Lipinski definition) is 1. The first-order chi connectivity index (χ1) is 9.71. The summed E-state index contributed by atoms with van der Waals surface area (Å²) in [5.74, 6) is 1.45. The minimum Gasteiger partial charge on any atom is -0.496 e. The Hall–Kier alpha value is -1.46. The van der Waals surface area contributed by atoms with Crippen LogP contribution in [0.15, 0.2) is 18.2 Å². The van der Waals surface area contributed by atoms with Crippen molar-refractivity contribution in [3.63, 3.8) is 0 Å². The first-order valence-electron chi connectivity index (χ1n) is 6.90. The van der Waals surface area contributed by atoms with E-state index in [1.54, 1.807) is 14.2 Å². The highest BCUT2D eigenvalue weighted by molar-refractivity contribution is 5.85. The van der Waals surface area contributed by atoms with Gasteiger partial charge in [-0.05, 0) is 25.0 Å². The van der Waals surface area contributed by atoms with Crippen molar-refractivity contribution in [2.24, 2.45) is 5.73 Å². The van der Waals surface area contributed by atoms with Gasteiger partial charge in [-0.3, -0.25) is 4.79 Å². The summed E-state index contributed by atoms with van der Waals surface area (Å²) in [5.41, 5.74) is 6.52. The standard InChI is InChI=1S/C15H22N2O3.ClH/c1-19-13-6-3-7-14(20-2)12(13)9-15(18)17-8-4-5-11(17)10-16;/h3,6-7,11H,4-5,8-10,16H2,1-2H3;1H. The van der Waals surface area contributed by atoms with Gasteiger partial charge in [0, 0.05) is 24.7 Å². The summed E-state index contributed by atoms with van der Waals surface area (Å²) in [7, 11) is 3.20. The molecule has 21 heavy (non-hydrogen) atoms. The summed E-state index contributed by atoms with van der Waals surface area (Å²) < 4.78 is 10.7. The van der Waals surface area contributed by atoms with Gasteiger partial charge in [-0.15, -0.1) is 12.4 Å². The molecular weight excluding hydrogens is 292 g/mol. The van der Waals surface area contributed by atoms with Crippen LogP contribution in [0.5, 0.6) is 11.5 Å². The topological polar surface area (TPSA) is 64.8 Å². The van der Waals surface area contributed by atoms with E-state index in [1.807, 2.05) is 23.1 Å². The van der Waals surface area contributed by atoms with E-state index >= 15 is 0 Å². The average molecular weight is 315 g/mol. The molecule has 1 aliphatic rings. The molecule has 0 aromatic heterocycles. The van der Waals surface area contributed by atoms with Crippen LogP contribution in [0, 0.1) is 0 Å². The van der Waals surface area contributed by atoms with E-state index in [4.69, 9.17) is 15.2 Å². The number of methoxy groups -OCH3 is 2. The number of likely N-dealkylation sites (tertiary alicyclic amines) is 1. The lowest BCUT2D eigenvalue weighted by Gasteiger charge is -2.24. The molecule has 0 saturated carbocycles. The van der Waals surface area contributed by atoms with E-state index in [2.05, 4.69) is 0 Å². The first kappa shape index (κ1) is 17.6. The van der Waals surface area contributed by atoms with E-state index in [9.17, 15) is 4.79 Å². The van der Waals surface area contributed by atoms with E-state index < -0.39 is 0 Å². The number of amides is 1. The Balaban J connectivity index is 0.00000220. The third-order valence-electron chi connectivity index (χ3n) is 3.83. The van der Waals surface area contributed by atoms with Crippen LogP contribution < -0.4 is 15.2 Å². The summed E-state index contributed by atoms with van der Waals surface area (Å²) in [6.45, 7) is 1.31. The second-order valence-electron chi connectivity index (χ2n) is 4.94. The van der Waals surface area contributed by atoms with Crippen LogP contribution in [0.2, 0.25) is 0 Å². The number of nitrogens with zero attached hydrogens (tertiary/aromatic N) is 1. The molecule has 0 radical (unpaired) electrons. The number of halogens is 1. The summed E-state index contributed by atoms with van der Waals surface area (Å²) in [4.78, 5) is 14.4. The lowest BCUT2D eigenvalue weighted by Crippen LogP contribution is -2.40. The van der Waals surface area contributed by atoms with Crippen LogP contribution in [0.4, 0.5) is 0 Å². The zero-order valence-electron chi connectivity index (χ0n) is 12.5. The van der Waals surface area contributed by atoms with Crippen molar-refractivity contribution in [3.05, 3.63) is 23.8 Å². The number of nitrogens with two attached hydrogens (primary N) is 1. The van der Waals surface area contributed by atoms with Crippen molar-refractivity contribution in [1.29, 1.82) is 0 Å². The van der Waals surface area contributed by atoms with Crippen LogP contribution in [0.3, 0.4) is 0 Å². The predicted octanol–water partition coefficient (Wildman–Crippen LogP) is 1.62. The maximum atomic E-state index is 12.5. The van der Waals surface area contributed by atoms with Gasteiger partial charge in [0.25, 0.3) is 0 Å². The molecule has 1 heterocycles. The highest BCUT2D eigenvalue weighted by Gasteiger charge is 2.28. The Morgan fingerprint density at radius 2 is 1.95 bits per heavy atom. The predicted molar refractivity (Wildman–Crippen MR) is 84.3 cm³/mol. The van der Waals surface area contributed by atoms with Gasteiger partial charge in [-0.2, -0.15) is 0 Å². The lowest BCUT2D eigenvalue weighted by molar-refractivity contribution is -0.131. The van der Waals surface area contributed by atoms with Crippen LogP contribution >= 0.6 is 12.4 Å². The van der Waals surface area contributed by atoms with Crippen molar-refractivity contribution < 1.29 is 14.3 Å². The molecule has 6 heteroatoms. The molecule has 2 rings (SSSR count). The van der Waals surface area contributed by atoms with Crippen LogP contribution in [-0.4, -0.2) is 44.2 Å². The molecule has 1 atom stereocenters. The summed E-state index contributed by atoms with van der Waals surface area (Å²) in [5, 5.41) is 0. The van der Waals surface area contributed by atoms with Gasteiger partial charge in [-0.1, -0.05) is 6.07 Å². The third kappa shape index (κ3) is 3.80. The maximum Gasteiger partial charge on any atom is 0.227 e. The Bertz CT molecular complexity index is 460. The van der Waals surface area contributed by atoms with Gasteiger partial charge >= 0.3 is 0 Å². The highest BCUT2D eigenvalue weighted by Crippen LogP contribution is 2.30.